The van der Waals surface area contributed by atoms with Gasteiger partial charge in [-0.05, 0) is 29.9 Å². The average Bonchev–Trinajstić information content (AvgIpc) is 3.08. The van der Waals surface area contributed by atoms with Crippen molar-refractivity contribution in [2.24, 2.45) is 10.9 Å². The number of carbonyl (C=O) groups excluding carboxylic acids is 1. The van der Waals surface area contributed by atoms with Gasteiger partial charge >= 0.3 is 0 Å². The summed E-state index contributed by atoms with van der Waals surface area (Å²) in [5.74, 6) is 0.161. The van der Waals surface area contributed by atoms with Crippen molar-refractivity contribution in [2.45, 2.75) is 26.8 Å². The fraction of sp³-hybridized carbons (Fsp3) is 0.333. The number of amides is 1. The van der Waals surface area contributed by atoms with Crippen molar-refractivity contribution in [3.05, 3.63) is 58.3 Å². The SMILES string of the molecule is CC(C)COC(=N[C@H](C)c1ccccc1)NC(=O)c1cccs1. The van der Waals surface area contributed by atoms with E-state index in [1.165, 1.54) is 11.3 Å². The summed E-state index contributed by atoms with van der Waals surface area (Å²) in [6.45, 7) is 6.59. The second kappa shape index (κ2) is 8.48. The van der Waals surface area contributed by atoms with Crippen LogP contribution in [-0.2, 0) is 4.74 Å². The van der Waals surface area contributed by atoms with Crippen molar-refractivity contribution >= 4 is 23.3 Å². The summed E-state index contributed by atoms with van der Waals surface area (Å²) in [5.41, 5.74) is 1.07. The number of thiophene rings is 1. The Labute approximate surface area is 141 Å². The van der Waals surface area contributed by atoms with Gasteiger partial charge in [-0.3, -0.25) is 10.1 Å². The Kier molecular flexibility index (Phi) is 6.35. The topological polar surface area (TPSA) is 50.7 Å². The van der Waals surface area contributed by atoms with Crippen LogP contribution < -0.4 is 5.32 Å². The molecule has 0 unspecified atom stereocenters. The largest absolute Gasteiger partial charge is 0.465 e. The molecule has 0 aliphatic rings. The van der Waals surface area contributed by atoms with Crippen LogP contribution in [0.2, 0.25) is 0 Å². The summed E-state index contributed by atoms with van der Waals surface area (Å²) in [4.78, 5) is 17.4. The van der Waals surface area contributed by atoms with Gasteiger partial charge in [0.05, 0.1) is 17.5 Å². The van der Waals surface area contributed by atoms with E-state index in [0.717, 1.165) is 5.56 Å². The van der Waals surface area contributed by atoms with Crippen molar-refractivity contribution < 1.29 is 9.53 Å². The van der Waals surface area contributed by atoms with E-state index in [2.05, 4.69) is 24.2 Å². The molecular formula is C18H22N2O2S. The number of carbonyl (C=O) groups is 1. The summed E-state index contributed by atoms with van der Waals surface area (Å²) in [6, 6.07) is 13.7. The first-order valence-corrected chi connectivity index (χ1v) is 8.54. The molecule has 1 N–H and O–H groups in total. The van der Waals surface area contributed by atoms with Crippen LogP contribution in [0.15, 0.2) is 52.8 Å². The normalized spacial score (nSPS) is 13.0. The van der Waals surface area contributed by atoms with Crippen LogP contribution in [0, 0.1) is 5.92 Å². The van der Waals surface area contributed by atoms with Gasteiger partial charge < -0.3 is 4.74 Å². The number of nitrogens with zero attached hydrogens (tertiary/aromatic N) is 1. The second-order valence-corrected chi connectivity index (χ2v) is 6.60. The van der Waals surface area contributed by atoms with E-state index in [4.69, 9.17) is 4.74 Å². The number of rotatable bonds is 5. The molecule has 0 bridgehead atoms. The first kappa shape index (κ1) is 17.2. The van der Waals surface area contributed by atoms with Crippen LogP contribution in [-0.4, -0.2) is 18.5 Å². The Balaban J connectivity index is 2.12. The highest BCUT2D eigenvalue weighted by Crippen LogP contribution is 2.16. The fourth-order valence-corrected chi connectivity index (χ4v) is 2.52. The van der Waals surface area contributed by atoms with Crippen molar-refractivity contribution in [2.75, 3.05) is 6.61 Å². The van der Waals surface area contributed by atoms with Crippen LogP contribution in [0.5, 0.6) is 0 Å². The highest BCUT2D eigenvalue weighted by molar-refractivity contribution is 7.12. The number of nitrogens with one attached hydrogen (secondary N) is 1. The maximum atomic E-state index is 12.2. The van der Waals surface area contributed by atoms with E-state index in [1.54, 1.807) is 6.07 Å². The third-order valence-corrected chi connectivity index (χ3v) is 3.98. The molecule has 0 saturated carbocycles. The summed E-state index contributed by atoms with van der Waals surface area (Å²) in [7, 11) is 0. The smallest absolute Gasteiger partial charge is 0.292 e. The Morgan fingerprint density at radius 1 is 1.17 bits per heavy atom. The zero-order chi connectivity index (χ0) is 16.7. The quantitative estimate of drug-likeness (QED) is 0.657. The summed E-state index contributed by atoms with van der Waals surface area (Å²) in [5, 5.41) is 4.64. The monoisotopic (exact) mass is 330 g/mol. The van der Waals surface area contributed by atoms with E-state index < -0.39 is 0 Å². The number of amidine groups is 1. The first-order valence-electron chi connectivity index (χ1n) is 7.66. The molecule has 0 radical (unpaired) electrons. The van der Waals surface area contributed by atoms with E-state index in [1.807, 2.05) is 48.7 Å². The Bertz CT molecular complexity index is 636. The lowest BCUT2D eigenvalue weighted by atomic mass is 10.1. The fourth-order valence-electron chi connectivity index (χ4n) is 1.90. The molecule has 2 rings (SSSR count). The van der Waals surface area contributed by atoms with Gasteiger partial charge in [0.2, 0.25) is 0 Å². The minimum atomic E-state index is -0.192. The molecule has 0 fully saturated rings. The molecule has 2 aromatic rings. The molecule has 0 spiro atoms. The third kappa shape index (κ3) is 5.53. The van der Waals surface area contributed by atoms with Gasteiger partial charge in [-0.15, -0.1) is 11.3 Å². The molecule has 1 heterocycles. The molecule has 5 heteroatoms. The summed E-state index contributed by atoms with van der Waals surface area (Å²) < 4.78 is 5.69. The molecule has 1 amide bonds. The van der Waals surface area contributed by atoms with E-state index >= 15 is 0 Å². The predicted molar refractivity (Wildman–Crippen MR) is 94.9 cm³/mol. The van der Waals surface area contributed by atoms with Gasteiger partial charge in [-0.1, -0.05) is 50.2 Å². The van der Waals surface area contributed by atoms with Crippen LogP contribution >= 0.6 is 11.3 Å². The van der Waals surface area contributed by atoms with Crippen LogP contribution in [0.3, 0.4) is 0 Å². The third-order valence-electron chi connectivity index (χ3n) is 3.11. The summed E-state index contributed by atoms with van der Waals surface area (Å²) in [6.07, 6.45) is 0. The molecule has 1 aromatic heterocycles. The highest BCUT2D eigenvalue weighted by atomic mass is 32.1. The maximum Gasteiger partial charge on any atom is 0.292 e. The average molecular weight is 330 g/mol. The number of benzene rings is 1. The number of hydrogen-bond acceptors (Lipinski definition) is 4. The van der Waals surface area contributed by atoms with E-state index in [-0.39, 0.29) is 18.0 Å². The summed E-state index contributed by atoms with van der Waals surface area (Å²) >= 11 is 1.39. The molecule has 0 saturated heterocycles. The van der Waals surface area contributed by atoms with Crippen molar-refractivity contribution in [3.8, 4) is 0 Å². The molecule has 0 aliphatic heterocycles. The molecule has 4 nitrogen and oxygen atoms in total. The van der Waals surface area contributed by atoms with Gasteiger partial charge in [-0.25, -0.2) is 4.99 Å². The first-order chi connectivity index (χ1) is 11.1. The molecule has 122 valence electrons. The van der Waals surface area contributed by atoms with Crippen molar-refractivity contribution in [1.29, 1.82) is 0 Å². The van der Waals surface area contributed by atoms with Crippen molar-refractivity contribution in [1.82, 2.24) is 5.32 Å². The second-order valence-electron chi connectivity index (χ2n) is 5.66. The van der Waals surface area contributed by atoms with Gasteiger partial charge in [0, 0.05) is 0 Å². The van der Waals surface area contributed by atoms with E-state index in [0.29, 0.717) is 17.4 Å². The predicted octanol–water partition coefficient (Wildman–Crippen LogP) is 4.27. The zero-order valence-corrected chi connectivity index (χ0v) is 14.5. The van der Waals surface area contributed by atoms with Crippen LogP contribution in [0.1, 0.15) is 42.0 Å². The standard InChI is InChI=1S/C18H22N2O2S/c1-13(2)12-22-18(20-17(21)16-10-7-11-23-16)19-14(3)15-8-5-4-6-9-15/h4-11,13-14H,12H2,1-3H3,(H,19,20,21)/t14-/m1/s1. The lowest BCUT2D eigenvalue weighted by molar-refractivity contribution is 0.0967. The Morgan fingerprint density at radius 2 is 1.91 bits per heavy atom. The van der Waals surface area contributed by atoms with Gasteiger partial charge in [0.1, 0.15) is 0 Å². The molecule has 1 aromatic carbocycles. The highest BCUT2D eigenvalue weighted by Gasteiger charge is 2.13. The molecule has 23 heavy (non-hydrogen) atoms. The molecular weight excluding hydrogens is 308 g/mol. The zero-order valence-electron chi connectivity index (χ0n) is 13.7. The minimum absolute atomic E-state index is 0.0954. The Morgan fingerprint density at radius 3 is 2.52 bits per heavy atom. The molecule has 0 aliphatic carbocycles. The van der Waals surface area contributed by atoms with Crippen molar-refractivity contribution in [3.63, 3.8) is 0 Å². The van der Waals surface area contributed by atoms with Gasteiger partial charge in [0.25, 0.3) is 11.9 Å². The minimum Gasteiger partial charge on any atom is -0.465 e. The van der Waals surface area contributed by atoms with Gasteiger partial charge in [-0.2, -0.15) is 0 Å². The van der Waals surface area contributed by atoms with Crippen LogP contribution in [0.4, 0.5) is 0 Å². The number of ether oxygens (including phenoxy) is 1. The number of aliphatic imine (C=N–C) groups is 1. The molecule has 1 atom stereocenters. The lowest BCUT2D eigenvalue weighted by Gasteiger charge is -2.14. The van der Waals surface area contributed by atoms with Gasteiger partial charge in [0.15, 0.2) is 0 Å². The lowest BCUT2D eigenvalue weighted by Crippen LogP contribution is -2.33. The van der Waals surface area contributed by atoms with Crippen LogP contribution in [0.25, 0.3) is 0 Å². The maximum absolute atomic E-state index is 12.2. The number of hydrogen-bond donors (Lipinski definition) is 1. The Hall–Kier alpha value is -2.14. The van der Waals surface area contributed by atoms with E-state index in [9.17, 15) is 4.79 Å².